The SMILES string of the molecule is CCCCC(NC(=O)C(CCCC)NC(=O)CNC(=O)C(=O)C(CCC)NC(=O)[C@@H]1C[C@@H](OCc2ccccc2)CN1C(=O)C(NC(=O)[C@H]1CCCC[C@@H]1Oc1ccccc1)C1CCCCC1)C(N)=O. The number of carbonyl (C=O) groups is 8. The topological polar surface area (TPSA) is 244 Å². The number of hydrogen-bond donors (Lipinski definition) is 6. The number of ketones is 1. The molecule has 17 nitrogen and oxygen atoms in total. The van der Waals surface area contributed by atoms with Crippen molar-refractivity contribution >= 4 is 47.1 Å². The first-order chi connectivity index (χ1) is 33.8. The number of hydrogen-bond acceptors (Lipinski definition) is 10. The molecule has 7 amide bonds. The lowest BCUT2D eigenvalue weighted by molar-refractivity contribution is -0.145. The zero-order chi connectivity index (χ0) is 50.4. The maximum atomic E-state index is 15.1. The molecule has 7 N–H and O–H groups in total. The van der Waals surface area contributed by atoms with Crippen LogP contribution in [0.1, 0.15) is 142 Å². The van der Waals surface area contributed by atoms with E-state index in [2.05, 4.69) is 26.6 Å². The molecule has 0 radical (unpaired) electrons. The van der Waals surface area contributed by atoms with E-state index in [9.17, 15) is 33.6 Å². The van der Waals surface area contributed by atoms with Gasteiger partial charge < -0.3 is 46.7 Å². The lowest BCUT2D eigenvalue weighted by atomic mass is 9.81. The Balaban J connectivity index is 1.30. The van der Waals surface area contributed by atoms with Gasteiger partial charge in [-0.1, -0.05) is 127 Å². The van der Waals surface area contributed by atoms with Crippen molar-refractivity contribution in [1.29, 1.82) is 0 Å². The molecule has 2 saturated carbocycles. The molecule has 17 heteroatoms. The van der Waals surface area contributed by atoms with Crippen LogP contribution in [0.3, 0.4) is 0 Å². The molecule has 5 rings (SSSR count). The normalized spacial score (nSPS) is 21.0. The summed E-state index contributed by atoms with van der Waals surface area (Å²) in [5.74, 6) is -5.37. The third-order valence-corrected chi connectivity index (χ3v) is 13.8. The second kappa shape index (κ2) is 28.7. The van der Waals surface area contributed by atoms with Crippen molar-refractivity contribution < 1.29 is 47.8 Å². The van der Waals surface area contributed by atoms with Crippen LogP contribution in [-0.2, 0) is 49.7 Å². The van der Waals surface area contributed by atoms with Gasteiger partial charge >= 0.3 is 0 Å². The van der Waals surface area contributed by atoms with Crippen LogP contribution in [0.15, 0.2) is 60.7 Å². The van der Waals surface area contributed by atoms with Gasteiger partial charge in [-0.05, 0) is 75.0 Å². The number of para-hydroxylation sites is 1. The number of primary amides is 1. The molecule has 1 saturated heterocycles. The van der Waals surface area contributed by atoms with Gasteiger partial charge in [-0.3, -0.25) is 38.4 Å². The number of Topliss-reactive ketones (excluding diaryl/α,β-unsaturated/α-hetero) is 1. The molecule has 4 unspecified atom stereocenters. The van der Waals surface area contributed by atoms with E-state index in [1.807, 2.05) is 74.5 Å². The third kappa shape index (κ3) is 16.7. The van der Waals surface area contributed by atoms with Gasteiger partial charge in [0.15, 0.2) is 0 Å². The number of ether oxygens (including phenoxy) is 2. The fourth-order valence-corrected chi connectivity index (χ4v) is 9.82. The van der Waals surface area contributed by atoms with E-state index in [4.69, 9.17) is 15.2 Å². The highest BCUT2D eigenvalue weighted by atomic mass is 16.5. The molecule has 2 aromatic carbocycles. The highest BCUT2D eigenvalue weighted by molar-refractivity contribution is 6.38. The molecule has 1 heterocycles. The summed E-state index contributed by atoms with van der Waals surface area (Å²) in [7, 11) is 0. The molecular formula is C53H77N7O10. The van der Waals surface area contributed by atoms with E-state index in [1.54, 1.807) is 6.92 Å². The van der Waals surface area contributed by atoms with Crippen molar-refractivity contribution in [3.05, 3.63) is 66.2 Å². The van der Waals surface area contributed by atoms with Crippen molar-refractivity contribution in [3.63, 3.8) is 0 Å². The molecule has 384 valence electrons. The number of nitrogens with one attached hydrogen (secondary N) is 5. The second-order valence-electron chi connectivity index (χ2n) is 19.2. The maximum Gasteiger partial charge on any atom is 0.290 e. The van der Waals surface area contributed by atoms with Crippen LogP contribution < -0.4 is 37.1 Å². The average Bonchev–Trinajstić information content (AvgIpc) is 3.81. The Labute approximate surface area is 413 Å². The number of rotatable bonds is 27. The number of nitrogens with zero attached hydrogens (tertiary/aromatic N) is 1. The van der Waals surface area contributed by atoms with Gasteiger partial charge in [0, 0.05) is 13.0 Å². The minimum absolute atomic E-state index is 0.0627. The molecule has 0 bridgehead atoms. The van der Waals surface area contributed by atoms with Gasteiger partial charge in [0.1, 0.15) is 36.0 Å². The van der Waals surface area contributed by atoms with E-state index >= 15 is 4.79 Å². The summed E-state index contributed by atoms with van der Waals surface area (Å²) in [5.41, 5.74) is 6.43. The molecule has 3 fully saturated rings. The quantitative estimate of drug-likeness (QED) is 0.0676. The van der Waals surface area contributed by atoms with Crippen molar-refractivity contribution in [2.45, 2.75) is 185 Å². The maximum absolute atomic E-state index is 15.1. The van der Waals surface area contributed by atoms with Gasteiger partial charge in [0.05, 0.1) is 31.2 Å². The van der Waals surface area contributed by atoms with Gasteiger partial charge in [0.25, 0.3) is 5.91 Å². The Bertz CT molecular complexity index is 2030. The zero-order valence-corrected chi connectivity index (χ0v) is 41.4. The number of benzene rings is 2. The van der Waals surface area contributed by atoms with Crippen LogP contribution in [0, 0.1) is 11.8 Å². The Kier molecular flexibility index (Phi) is 22.6. The first kappa shape index (κ1) is 55.1. The van der Waals surface area contributed by atoms with E-state index in [1.165, 1.54) is 4.90 Å². The smallest absolute Gasteiger partial charge is 0.290 e. The Morgan fingerprint density at radius 3 is 1.99 bits per heavy atom. The first-order valence-electron chi connectivity index (χ1n) is 25.8. The fraction of sp³-hybridized carbons (Fsp3) is 0.623. The zero-order valence-electron chi connectivity index (χ0n) is 41.4. The molecule has 0 spiro atoms. The Morgan fingerprint density at radius 2 is 1.33 bits per heavy atom. The van der Waals surface area contributed by atoms with E-state index < -0.39 is 90.0 Å². The number of likely N-dealkylation sites (tertiary alicyclic amines) is 1. The minimum atomic E-state index is -1.29. The lowest BCUT2D eigenvalue weighted by Crippen LogP contribution is -2.59. The summed E-state index contributed by atoms with van der Waals surface area (Å²) in [5, 5.41) is 13.5. The van der Waals surface area contributed by atoms with Crippen molar-refractivity contribution in [1.82, 2.24) is 31.5 Å². The van der Waals surface area contributed by atoms with Gasteiger partial charge in [0.2, 0.25) is 41.2 Å². The molecule has 1 aliphatic heterocycles. The van der Waals surface area contributed by atoms with Crippen LogP contribution in [0.2, 0.25) is 0 Å². The Hall–Kier alpha value is -5.84. The second-order valence-corrected chi connectivity index (χ2v) is 19.2. The highest BCUT2D eigenvalue weighted by Gasteiger charge is 2.46. The molecular weight excluding hydrogens is 895 g/mol. The number of carbonyl (C=O) groups excluding carboxylic acids is 8. The van der Waals surface area contributed by atoms with Crippen molar-refractivity contribution in [2.75, 3.05) is 13.1 Å². The molecule has 2 aliphatic carbocycles. The monoisotopic (exact) mass is 972 g/mol. The van der Waals surface area contributed by atoms with E-state index in [0.29, 0.717) is 44.3 Å². The number of amides is 7. The van der Waals surface area contributed by atoms with Crippen molar-refractivity contribution in [2.24, 2.45) is 17.6 Å². The van der Waals surface area contributed by atoms with E-state index in [0.717, 1.165) is 63.4 Å². The largest absolute Gasteiger partial charge is 0.490 e. The third-order valence-electron chi connectivity index (χ3n) is 13.8. The van der Waals surface area contributed by atoms with Gasteiger partial charge in [-0.25, -0.2) is 0 Å². The average molecular weight is 972 g/mol. The summed E-state index contributed by atoms with van der Waals surface area (Å²) in [6.45, 7) is 5.32. The van der Waals surface area contributed by atoms with Crippen LogP contribution in [0.5, 0.6) is 5.75 Å². The minimum Gasteiger partial charge on any atom is -0.490 e. The lowest BCUT2D eigenvalue weighted by Gasteiger charge is -2.37. The summed E-state index contributed by atoms with van der Waals surface area (Å²) in [6, 6.07) is 13.7. The van der Waals surface area contributed by atoms with Gasteiger partial charge in [-0.2, -0.15) is 0 Å². The summed E-state index contributed by atoms with van der Waals surface area (Å²) in [6.07, 6.45) is 10.4. The summed E-state index contributed by atoms with van der Waals surface area (Å²) >= 11 is 0. The van der Waals surface area contributed by atoms with Crippen molar-refractivity contribution in [3.8, 4) is 5.75 Å². The number of nitrogens with two attached hydrogens (primary N) is 1. The standard InChI is InChI=1S/C53H77N7O10/c1-4-7-28-41(48(54)63)58-50(65)42(29-8-5-2)56-45(61)32-55-52(67)47(62)40(20-6-3)57-51(66)43-31-38(69-34-35-21-12-9-13-22-35)33-60(43)53(68)46(36-23-14-10-15-24-36)59-49(64)39-27-18-19-30-44(39)70-37-25-16-11-17-26-37/h9,11-13,16-17,21-22,25-26,36,38-44,46H,4-8,10,14-15,18-20,23-24,27-34H2,1-3H3,(H2,54,63)(H,55,67)(H,56,61)(H,57,66)(H,58,65)(H,59,64)/t38-,39+,40?,41?,42?,43+,44+,46?/m1/s1. The fourth-order valence-electron chi connectivity index (χ4n) is 9.82. The van der Waals surface area contributed by atoms with Gasteiger partial charge in [-0.15, -0.1) is 0 Å². The predicted molar refractivity (Wildman–Crippen MR) is 263 cm³/mol. The highest BCUT2D eigenvalue weighted by Crippen LogP contribution is 2.33. The predicted octanol–water partition coefficient (Wildman–Crippen LogP) is 4.68. The summed E-state index contributed by atoms with van der Waals surface area (Å²) < 4.78 is 12.7. The molecule has 3 aliphatic rings. The Morgan fingerprint density at radius 1 is 0.686 bits per heavy atom. The molecule has 0 aromatic heterocycles. The van der Waals surface area contributed by atoms with E-state index in [-0.39, 0.29) is 50.3 Å². The molecule has 8 atom stereocenters. The molecule has 70 heavy (non-hydrogen) atoms. The van der Waals surface area contributed by atoms with Crippen LogP contribution in [0.4, 0.5) is 0 Å². The molecule has 2 aromatic rings. The number of unbranched alkanes of at least 4 members (excludes halogenated alkanes) is 2. The van der Waals surface area contributed by atoms with Crippen LogP contribution >= 0.6 is 0 Å². The first-order valence-corrected chi connectivity index (χ1v) is 25.8. The van der Waals surface area contributed by atoms with Crippen LogP contribution in [-0.4, -0.2) is 108 Å². The summed E-state index contributed by atoms with van der Waals surface area (Å²) in [4.78, 5) is 111. The van der Waals surface area contributed by atoms with Crippen LogP contribution in [0.25, 0.3) is 0 Å².